The Labute approximate surface area is 103 Å². The molecule has 0 saturated heterocycles. The molecule has 18 heavy (non-hydrogen) atoms. The molecule has 5 nitrogen and oxygen atoms in total. The molecule has 0 aliphatic carbocycles. The Morgan fingerprint density at radius 2 is 2.17 bits per heavy atom. The van der Waals surface area contributed by atoms with Crippen molar-refractivity contribution in [3.05, 3.63) is 34.2 Å². The van der Waals surface area contributed by atoms with E-state index in [0.717, 1.165) is 0 Å². The van der Waals surface area contributed by atoms with Gasteiger partial charge in [-0.1, -0.05) is 6.92 Å². The molecule has 2 rings (SSSR count). The molecule has 0 aliphatic heterocycles. The first-order valence-electron chi connectivity index (χ1n) is 5.63. The molecule has 0 unspecified atom stereocenters. The summed E-state index contributed by atoms with van der Waals surface area (Å²) in [5.41, 5.74) is 5.11. The van der Waals surface area contributed by atoms with Gasteiger partial charge in [-0.15, -0.1) is 0 Å². The number of benzene rings is 1. The lowest BCUT2D eigenvalue weighted by molar-refractivity contribution is 0.0975. The Balaban J connectivity index is 2.75. The smallest absolute Gasteiger partial charge is 0.351 e. The van der Waals surface area contributed by atoms with E-state index in [9.17, 15) is 14.7 Å². The third-order valence-electron chi connectivity index (χ3n) is 2.66. The quantitative estimate of drug-likeness (QED) is 0.492. The summed E-state index contributed by atoms with van der Waals surface area (Å²) in [5, 5.41) is 10.3. The van der Waals surface area contributed by atoms with Crippen molar-refractivity contribution in [2.24, 2.45) is 0 Å². The Morgan fingerprint density at radius 3 is 2.83 bits per heavy atom. The Hall–Kier alpha value is -2.30. The van der Waals surface area contributed by atoms with Crippen LogP contribution in [0.1, 0.15) is 30.1 Å². The van der Waals surface area contributed by atoms with Gasteiger partial charge >= 0.3 is 5.63 Å². The molecule has 94 valence electrons. The first-order valence-corrected chi connectivity index (χ1v) is 5.63. The molecule has 1 heterocycles. The van der Waals surface area contributed by atoms with E-state index in [4.69, 9.17) is 10.2 Å². The standard InChI is InChI=1S/C13H13NO4/c1-2-3-9(15)11-12(16)8-6-7(14)4-5-10(8)18-13(11)17/h4-6,16H,2-3,14H2,1H3. The highest BCUT2D eigenvalue weighted by molar-refractivity contribution is 6.03. The highest BCUT2D eigenvalue weighted by Gasteiger charge is 2.20. The lowest BCUT2D eigenvalue weighted by atomic mass is 10.1. The van der Waals surface area contributed by atoms with Crippen LogP contribution in [0.4, 0.5) is 5.69 Å². The molecule has 0 radical (unpaired) electrons. The zero-order chi connectivity index (χ0) is 13.3. The van der Waals surface area contributed by atoms with Crippen molar-refractivity contribution in [3.8, 4) is 5.75 Å². The first kappa shape index (κ1) is 12.2. The summed E-state index contributed by atoms with van der Waals surface area (Å²) in [6.45, 7) is 1.82. The van der Waals surface area contributed by atoms with Crippen LogP contribution in [0.3, 0.4) is 0 Å². The number of carbonyl (C=O) groups excluding carboxylic acids is 1. The number of fused-ring (bicyclic) bond motifs is 1. The summed E-state index contributed by atoms with van der Waals surface area (Å²) in [6.07, 6.45) is 0.777. The van der Waals surface area contributed by atoms with Crippen molar-refractivity contribution < 1.29 is 14.3 Å². The zero-order valence-electron chi connectivity index (χ0n) is 9.90. The second-order valence-electron chi connectivity index (χ2n) is 4.04. The number of hydrogen-bond donors (Lipinski definition) is 2. The van der Waals surface area contributed by atoms with Gasteiger partial charge in [0.05, 0.1) is 5.39 Å². The highest BCUT2D eigenvalue weighted by atomic mass is 16.4. The van der Waals surface area contributed by atoms with E-state index < -0.39 is 11.4 Å². The van der Waals surface area contributed by atoms with Crippen LogP contribution < -0.4 is 11.4 Å². The van der Waals surface area contributed by atoms with Crippen LogP contribution in [-0.2, 0) is 0 Å². The average molecular weight is 247 g/mol. The Morgan fingerprint density at radius 1 is 1.44 bits per heavy atom. The normalized spacial score (nSPS) is 10.7. The third kappa shape index (κ3) is 1.95. The lowest BCUT2D eigenvalue weighted by Gasteiger charge is -2.05. The molecule has 3 N–H and O–H groups in total. The van der Waals surface area contributed by atoms with Crippen LogP contribution in [0, 0.1) is 0 Å². The summed E-state index contributed by atoms with van der Waals surface area (Å²) >= 11 is 0. The lowest BCUT2D eigenvalue weighted by Crippen LogP contribution is -2.14. The third-order valence-corrected chi connectivity index (χ3v) is 2.66. The molecule has 0 amide bonds. The molecule has 1 aromatic carbocycles. The summed E-state index contributed by atoms with van der Waals surface area (Å²) < 4.78 is 5.00. The molecule has 0 atom stereocenters. The molecule has 0 saturated carbocycles. The van der Waals surface area contributed by atoms with Gasteiger partial charge in [0.25, 0.3) is 0 Å². The van der Waals surface area contributed by atoms with Crippen LogP contribution in [0.2, 0.25) is 0 Å². The number of carbonyl (C=O) groups is 1. The van der Waals surface area contributed by atoms with E-state index in [-0.39, 0.29) is 28.7 Å². The van der Waals surface area contributed by atoms with E-state index >= 15 is 0 Å². The number of hydrogen-bond acceptors (Lipinski definition) is 5. The average Bonchev–Trinajstić information content (AvgIpc) is 2.31. The SMILES string of the molecule is CCCC(=O)c1c(O)c2cc(N)ccc2oc1=O. The number of aromatic hydroxyl groups is 1. The van der Waals surface area contributed by atoms with Crippen LogP contribution in [-0.4, -0.2) is 10.9 Å². The fourth-order valence-electron chi connectivity index (χ4n) is 1.80. The van der Waals surface area contributed by atoms with E-state index in [0.29, 0.717) is 12.1 Å². The number of Topliss-reactive ketones (excluding diaryl/α,β-unsaturated/α-hetero) is 1. The summed E-state index contributed by atoms with van der Waals surface area (Å²) in [5.74, 6) is -0.778. The van der Waals surface area contributed by atoms with Crippen LogP contribution in [0.15, 0.2) is 27.4 Å². The Kier molecular flexibility index (Phi) is 3.06. The zero-order valence-corrected chi connectivity index (χ0v) is 9.90. The summed E-state index contributed by atoms with van der Waals surface area (Å²) in [7, 11) is 0. The second kappa shape index (κ2) is 4.52. The van der Waals surface area contributed by atoms with Crippen molar-refractivity contribution in [2.75, 3.05) is 5.73 Å². The fraction of sp³-hybridized carbons (Fsp3) is 0.231. The van der Waals surface area contributed by atoms with E-state index in [1.165, 1.54) is 12.1 Å². The number of anilines is 1. The molecular formula is C13H13NO4. The maximum absolute atomic E-state index is 11.8. The number of nitrogens with two attached hydrogens (primary N) is 1. The van der Waals surface area contributed by atoms with Crippen LogP contribution >= 0.6 is 0 Å². The minimum atomic E-state index is -0.816. The van der Waals surface area contributed by atoms with E-state index in [1.54, 1.807) is 6.07 Å². The number of nitrogen functional groups attached to an aromatic ring is 1. The van der Waals surface area contributed by atoms with Crippen molar-refractivity contribution in [2.45, 2.75) is 19.8 Å². The van der Waals surface area contributed by atoms with Gasteiger partial charge in [-0.2, -0.15) is 0 Å². The van der Waals surface area contributed by atoms with E-state index in [2.05, 4.69) is 0 Å². The molecular weight excluding hydrogens is 234 g/mol. The number of ketones is 1. The van der Waals surface area contributed by atoms with Gasteiger partial charge in [0.1, 0.15) is 16.9 Å². The topological polar surface area (TPSA) is 93.5 Å². The number of rotatable bonds is 3. The van der Waals surface area contributed by atoms with Crippen LogP contribution in [0.25, 0.3) is 11.0 Å². The maximum atomic E-state index is 11.8. The fourth-order valence-corrected chi connectivity index (χ4v) is 1.80. The summed E-state index contributed by atoms with van der Waals surface area (Å²) in [4.78, 5) is 23.4. The van der Waals surface area contributed by atoms with Crippen LogP contribution in [0.5, 0.6) is 5.75 Å². The molecule has 5 heteroatoms. The van der Waals surface area contributed by atoms with Crippen molar-refractivity contribution in [3.63, 3.8) is 0 Å². The second-order valence-corrected chi connectivity index (χ2v) is 4.04. The molecule has 1 aromatic heterocycles. The van der Waals surface area contributed by atoms with Gasteiger partial charge in [0, 0.05) is 12.1 Å². The minimum Gasteiger partial charge on any atom is -0.506 e. The molecule has 0 fully saturated rings. The van der Waals surface area contributed by atoms with Gasteiger partial charge in [-0.3, -0.25) is 4.79 Å². The van der Waals surface area contributed by atoms with Gasteiger partial charge in [0.2, 0.25) is 0 Å². The molecule has 0 aliphatic rings. The van der Waals surface area contributed by atoms with Gasteiger partial charge < -0.3 is 15.3 Å². The molecule has 2 aromatic rings. The highest BCUT2D eigenvalue weighted by Crippen LogP contribution is 2.28. The predicted octanol–water partition coefficient (Wildman–Crippen LogP) is 2.06. The van der Waals surface area contributed by atoms with Gasteiger partial charge in [-0.05, 0) is 24.6 Å². The Bertz CT molecular complexity index is 672. The maximum Gasteiger partial charge on any atom is 0.351 e. The van der Waals surface area contributed by atoms with Gasteiger partial charge in [0.15, 0.2) is 5.78 Å². The molecule has 0 bridgehead atoms. The van der Waals surface area contributed by atoms with Crippen molar-refractivity contribution in [1.29, 1.82) is 0 Å². The van der Waals surface area contributed by atoms with Gasteiger partial charge in [-0.25, -0.2) is 4.79 Å². The van der Waals surface area contributed by atoms with Crippen molar-refractivity contribution >= 4 is 22.4 Å². The predicted molar refractivity (Wildman–Crippen MR) is 67.8 cm³/mol. The summed E-state index contributed by atoms with van der Waals surface area (Å²) in [6, 6.07) is 4.51. The largest absolute Gasteiger partial charge is 0.506 e. The van der Waals surface area contributed by atoms with Crippen molar-refractivity contribution in [1.82, 2.24) is 0 Å². The monoisotopic (exact) mass is 247 g/mol. The van der Waals surface area contributed by atoms with E-state index in [1.807, 2.05) is 6.92 Å². The first-order chi connectivity index (χ1) is 8.54. The minimum absolute atomic E-state index is 0.187. The molecule has 0 spiro atoms.